The highest BCUT2D eigenvalue weighted by atomic mass is 16.4. The highest BCUT2D eigenvalue weighted by Gasteiger charge is 2.21. The number of benzene rings is 1. The molecule has 0 saturated carbocycles. The normalized spacial score (nSPS) is 16.0. The molecule has 1 fully saturated rings. The fraction of sp³-hybridized carbons (Fsp3) is 0.529. The van der Waals surface area contributed by atoms with Crippen molar-refractivity contribution in [2.45, 2.75) is 19.4 Å². The lowest BCUT2D eigenvalue weighted by Gasteiger charge is -2.21. The number of rotatable bonds is 5. The minimum absolute atomic E-state index is 0.0431. The lowest BCUT2D eigenvalue weighted by Crippen LogP contribution is -2.34. The number of carbonyl (C=O) groups excluding carboxylic acids is 1. The molecule has 0 bridgehead atoms. The van der Waals surface area contributed by atoms with Gasteiger partial charge in [-0.2, -0.15) is 0 Å². The maximum Gasteiger partial charge on any atom is 0.419 e. The van der Waals surface area contributed by atoms with Crippen molar-refractivity contribution < 1.29 is 9.21 Å². The van der Waals surface area contributed by atoms with Crippen LogP contribution >= 0.6 is 0 Å². The van der Waals surface area contributed by atoms with Gasteiger partial charge in [-0.25, -0.2) is 4.79 Å². The van der Waals surface area contributed by atoms with E-state index >= 15 is 0 Å². The molecule has 0 unspecified atom stereocenters. The Morgan fingerprint density at radius 1 is 1.38 bits per heavy atom. The van der Waals surface area contributed by atoms with E-state index in [9.17, 15) is 9.59 Å². The Balaban J connectivity index is 1.80. The first-order valence-electron chi connectivity index (χ1n) is 8.34. The molecule has 3 rings (SSSR count). The maximum atomic E-state index is 12.4. The Morgan fingerprint density at radius 2 is 2.12 bits per heavy atom. The number of amides is 1. The molecule has 0 radical (unpaired) electrons. The summed E-state index contributed by atoms with van der Waals surface area (Å²) in [6.07, 6.45) is 1.71. The fourth-order valence-corrected chi connectivity index (χ4v) is 2.98. The summed E-state index contributed by atoms with van der Waals surface area (Å²) < 4.78 is 6.88. The third kappa shape index (κ3) is 3.68. The fourth-order valence-electron chi connectivity index (χ4n) is 2.98. The standard InChI is InChI=1S/C17H24N4O3/c1-20(2)9-10-21-14-11-13(3-4-15(14)24-17(21)23)19-16(22)12-5-7-18-8-6-12/h3-4,11-12,18H,5-10H2,1-2H3,(H,19,22). The van der Waals surface area contributed by atoms with Crippen LogP contribution in [0.2, 0.25) is 0 Å². The average molecular weight is 332 g/mol. The molecule has 2 N–H and O–H groups in total. The smallest absolute Gasteiger partial charge is 0.408 e. The molecule has 1 amide bonds. The summed E-state index contributed by atoms with van der Waals surface area (Å²) in [7, 11) is 3.91. The van der Waals surface area contributed by atoms with E-state index in [1.165, 1.54) is 0 Å². The largest absolute Gasteiger partial charge is 0.419 e. The topological polar surface area (TPSA) is 79.5 Å². The lowest BCUT2D eigenvalue weighted by atomic mass is 9.97. The number of aromatic nitrogens is 1. The number of nitrogens with zero attached hydrogens (tertiary/aromatic N) is 2. The minimum atomic E-state index is -0.367. The summed E-state index contributed by atoms with van der Waals surface area (Å²) in [4.78, 5) is 26.4. The molecule has 1 saturated heterocycles. The second kappa shape index (κ2) is 7.19. The Hall–Kier alpha value is -2.12. The summed E-state index contributed by atoms with van der Waals surface area (Å²) in [5.74, 6) is -0.280. The zero-order valence-electron chi connectivity index (χ0n) is 14.2. The van der Waals surface area contributed by atoms with Crippen LogP contribution in [-0.4, -0.2) is 49.1 Å². The first-order valence-corrected chi connectivity index (χ1v) is 8.34. The number of hydrogen-bond donors (Lipinski definition) is 2. The molecule has 7 heteroatoms. The van der Waals surface area contributed by atoms with Crippen LogP contribution < -0.4 is 16.4 Å². The molecule has 7 nitrogen and oxygen atoms in total. The van der Waals surface area contributed by atoms with Gasteiger partial charge in [0.1, 0.15) is 0 Å². The van der Waals surface area contributed by atoms with Crippen LogP contribution in [0, 0.1) is 5.92 Å². The highest BCUT2D eigenvalue weighted by Crippen LogP contribution is 2.20. The van der Waals surface area contributed by atoms with Gasteiger partial charge in [-0.15, -0.1) is 0 Å². The minimum Gasteiger partial charge on any atom is -0.408 e. The number of oxazole rings is 1. The third-order valence-electron chi connectivity index (χ3n) is 4.42. The van der Waals surface area contributed by atoms with Crippen LogP contribution in [0.3, 0.4) is 0 Å². The van der Waals surface area contributed by atoms with Crippen LogP contribution in [0.5, 0.6) is 0 Å². The summed E-state index contributed by atoms with van der Waals surface area (Å²) in [5.41, 5.74) is 1.95. The first-order chi connectivity index (χ1) is 11.5. The van der Waals surface area contributed by atoms with Gasteiger partial charge >= 0.3 is 5.76 Å². The Kier molecular flexibility index (Phi) is 5.01. The highest BCUT2D eigenvalue weighted by molar-refractivity contribution is 5.94. The number of hydrogen-bond acceptors (Lipinski definition) is 5. The molecule has 130 valence electrons. The van der Waals surface area contributed by atoms with Gasteiger partial charge < -0.3 is 20.0 Å². The molecule has 0 aliphatic carbocycles. The van der Waals surface area contributed by atoms with E-state index in [1.807, 2.05) is 25.1 Å². The van der Waals surface area contributed by atoms with Gasteiger partial charge in [0.15, 0.2) is 5.58 Å². The molecule has 24 heavy (non-hydrogen) atoms. The third-order valence-corrected chi connectivity index (χ3v) is 4.42. The first kappa shape index (κ1) is 16.7. The average Bonchev–Trinajstić information content (AvgIpc) is 2.88. The van der Waals surface area contributed by atoms with E-state index in [0.717, 1.165) is 32.5 Å². The van der Waals surface area contributed by atoms with Gasteiger partial charge in [0, 0.05) is 24.7 Å². The molecule has 0 spiro atoms. The molecule has 2 heterocycles. The monoisotopic (exact) mass is 332 g/mol. The number of fused-ring (bicyclic) bond motifs is 1. The van der Waals surface area contributed by atoms with Crippen LogP contribution in [-0.2, 0) is 11.3 Å². The van der Waals surface area contributed by atoms with Crippen molar-refractivity contribution in [3.05, 3.63) is 28.7 Å². The Labute approximate surface area is 140 Å². The van der Waals surface area contributed by atoms with Crippen molar-refractivity contribution in [2.24, 2.45) is 5.92 Å². The molecule has 2 aromatic rings. The lowest BCUT2D eigenvalue weighted by molar-refractivity contribution is -0.120. The zero-order chi connectivity index (χ0) is 17.1. The van der Waals surface area contributed by atoms with Crippen molar-refractivity contribution in [3.63, 3.8) is 0 Å². The van der Waals surface area contributed by atoms with Crippen LogP contribution in [0.4, 0.5) is 5.69 Å². The van der Waals surface area contributed by atoms with Crippen LogP contribution in [0.1, 0.15) is 12.8 Å². The molecule has 0 atom stereocenters. The van der Waals surface area contributed by atoms with Crippen molar-refractivity contribution in [1.29, 1.82) is 0 Å². The molecule has 1 aliphatic rings. The van der Waals surface area contributed by atoms with Gasteiger partial charge in [0.2, 0.25) is 5.91 Å². The Bertz CT molecular complexity index is 772. The zero-order valence-corrected chi connectivity index (χ0v) is 14.2. The van der Waals surface area contributed by atoms with Crippen molar-refractivity contribution in [2.75, 3.05) is 39.0 Å². The van der Waals surface area contributed by atoms with Gasteiger partial charge in [-0.3, -0.25) is 9.36 Å². The van der Waals surface area contributed by atoms with Gasteiger partial charge in [0.25, 0.3) is 0 Å². The summed E-state index contributed by atoms with van der Waals surface area (Å²) in [6, 6.07) is 5.33. The number of piperidine rings is 1. The van der Waals surface area contributed by atoms with E-state index < -0.39 is 0 Å². The Morgan fingerprint density at radius 3 is 2.83 bits per heavy atom. The second-order valence-electron chi connectivity index (χ2n) is 6.52. The van der Waals surface area contributed by atoms with Crippen molar-refractivity contribution >= 4 is 22.7 Å². The van der Waals surface area contributed by atoms with Crippen molar-refractivity contribution in [3.8, 4) is 0 Å². The van der Waals surface area contributed by atoms with E-state index in [2.05, 4.69) is 10.6 Å². The number of nitrogens with one attached hydrogen (secondary N) is 2. The van der Waals surface area contributed by atoms with Crippen molar-refractivity contribution in [1.82, 2.24) is 14.8 Å². The molecule has 1 aliphatic heterocycles. The molecular weight excluding hydrogens is 308 g/mol. The van der Waals surface area contributed by atoms with Gasteiger partial charge in [0.05, 0.1) is 5.52 Å². The predicted molar refractivity (Wildman–Crippen MR) is 93.3 cm³/mol. The predicted octanol–water partition coefficient (Wildman–Crippen LogP) is 1.09. The maximum absolute atomic E-state index is 12.4. The summed E-state index contributed by atoms with van der Waals surface area (Å²) in [5, 5.41) is 6.23. The molecular formula is C17H24N4O3. The molecule has 1 aromatic carbocycles. The van der Waals surface area contributed by atoms with E-state index in [1.54, 1.807) is 16.7 Å². The van der Waals surface area contributed by atoms with E-state index in [0.29, 0.717) is 23.3 Å². The SMILES string of the molecule is CN(C)CCn1c(=O)oc2ccc(NC(=O)C3CCNCC3)cc21. The van der Waals surface area contributed by atoms with Crippen LogP contribution in [0.15, 0.2) is 27.4 Å². The summed E-state index contributed by atoms with van der Waals surface area (Å²) in [6.45, 7) is 3.04. The second-order valence-corrected chi connectivity index (χ2v) is 6.52. The number of likely N-dealkylation sites (N-methyl/N-ethyl adjacent to an activating group) is 1. The van der Waals surface area contributed by atoms with E-state index in [-0.39, 0.29) is 17.6 Å². The quantitative estimate of drug-likeness (QED) is 0.857. The van der Waals surface area contributed by atoms with Gasteiger partial charge in [-0.05, 0) is 58.2 Å². The summed E-state index contributed by atoms with van der Waals surface area (Å²) >= 11 is 0. The van der Waals surface area contributed by atoms with Gasteiger partial charge in [-0.1, -0.05) is 0 Å². The molecule has 1 aromatic heterocycles. The number of carbonyl (C=O) groups is 1. The number of anilines is 1. The van der Waals surface area contributed by atoms with Crippen LogP contribution in [0.25, 0.3) is 11.1 Å². The van der Waals surface area contributed by atoms with E-state index in [4.69, 9.17) is 4.42 Å².